The van der Waals surface area contributed by atoms with Gasteiger partial charge in [0.2, 0.25) is 0 Å². The first-order valence-electron chi connectivity index (χ1n) is 1.65. The van der Waals surface area contributed by atoms with Crippen molar-refractivity contribution in [3.05, 3.63) is 0 Å². The minimum atomic E-state index is -0.750. The van der Waals surface area contributed by atoms with Gasteiger partial charge < -0.3 is 20.1 Å². The third-order valence-electron chi connectivity index (χ3n) is 0.129. The summed E-state index contributed by atoms with van der Waals surface area (Å²) in [6.45, 7) is -0.931. The molecule has 0 unspecified atom stereocenters. The SMILES string of the molecule is COCO.OCO. The quantitative estimate of drug-likeness (QED) is 0.360. The zero-order chi connectivity index (χ0) is 6.12. The van der Waals surface area contributed by atoms with Crippen LogP contribution >= 0.6 is 0 Å². The Morgan fingerprint density at radius 3 is 1.43 bits per heavy atom. The molecule has 0 aliphatic rings. The standard InChI is InChI=1S/C2H6O2.CH4O2/c1-4-2-3;2-1-3/h3H,2H2,1H3;2-3H,1H2. The summed E-state index contributed by atoms with van der Waals surface area (Å²) in [4.78, 5) is 0. The molecular formula is C3H10O4. The molecular weight excluding hydrogens is 100 g/mol. The smallest absolute Gasteiger partial charge is 0.143 e. The highest BCUT2D eigenvalue weighted by Crippen LogP contribution is 1.46. The highest BCUT2D eigenvalue weighted by Gasteiger charge is 1.51. The highest BCUT2D eigenvalue weighted by atomic mass is 16.6. The number of rotatable bonds is 1. The second-order valence-electron chi connectivity index (χ2n) is 0.559. The Kier molecular flexibility index (Phi) is 24.1. The largest absolute Gasteiger partial charge is 0.371 e. The van der Waals surface area contributed by atoms with Crippen LogP contribution in [-0.2, 0) is 4.74 Å². The summed E-state index contributed by atoms with van der Waals surface area (Å²) in [5, 5.41) is 21.9. The minimum Gasteiger partial charge on any atom is -0.371 e. The number of hydrogen-bond donors (Lipinski definition) is 3. The maximum Gasteiger partial charge on any atom is 0.143 e. The summed E-state index contributed by atoms with van der Waals surface area (Å²) in [5.41, 5.74) is 0. The lowest BCUT2D eigenvalue weighted by Gasteiger charge is -1.76. The Bertz CT molecular complexity index is 14.4. The Morgan fingerprint density at radius 2 is 1.43 bits per heavy atom. The molecule has 0 rings (SSSR count). The molecule has 7 heavy (non-hydrogen) atoms. The number of aliphatic hydroxyl groups is 3. The summed E-state index contributed by atoms with van der Waals surface area (Å²) >= 11 is 0. The molecule has 0 aromatic rings. The second kappa shape index (κ2) is 17.0. The lowest BCUT2D eigenvalue weighted by molar-refractivity contribution is 0.0325. The van der Waals surface area contributed by atoms with Crippen molar-refractivity contribution in [1.82, 2.24) is 0 Å². The second-order valence-corrected chi connectivity index (χ2v) is 0.559. The predicted octanol–water partition coefficient (Wildman–Crippen LogP) is -1.49. The Balaban J connectivity index is 0. The summed E-state index contributed by atoms with van der Waals surface area (Å²) in [7, 11) is 1.43. The van der Waals surface area contributed by atoms with Crippen LogP contribution in [0.1, 0.15) is 0 Å². The number of hydrogen-bond acceptors (Lipinski definition) is 4. The monoisotopic (exact) mass is 110 g/mol. The van der Waals surface area contributed by atoms with Crippen molar-refractivity contribution in [2.45, 2.75) is 0 Å². The van der Waals surface area contributed by atoms with Gasteiger partial charge in [0, 0.05) is 7.11 Å². The molecule has 0 bridgehead atoms. The normalized spacial score (nSPS) is 6.86. The molecule has 0 amide bonds. The Hall–Kier alpha value is -0.160. The van der Waals surface area contributed by atoms with Crippen LogP contribution in [0.3, 0.4) is 0 Å². The van der Waals surface area contributed by atoms with Gasteiger partial charge in [-0.2, -0.15) is 0 Å². The molecule has 0 atom stereocenters. The highest BCUT2D eigenvalue weighted by molar-refractivity contribution is 3.72. The number of methoxy groups -OCH3 is 1. The fourth-order valence-electron chi connectivity index (χ4n) is 0. The van der Waals surface area contributed by atoms with Gasteiger partial charge in [-0.3, -0.25) is 0 Å². The van der Waals surface area contributed by atoms with E-state index in [1.807, 2.05) is 0 Å². The van der Waals surface area contributed by atoms with Crippen LogP contribution in [0.5, 0.6) is 0 Å². The molecule has 0 aliphatic heterocycles. The van der Waals surface area contributed by atoms with E-state index in [2.05, 4.69) is 4.74 Å². The van der Waals surface area contributed by atoms with Gasteiger partial charge in [-0.1, -0.05) is 0 Å². The molecule has 3 N–H and O–H groups in total. The van der Waals surface area contributed by atoms with Gasteiger partial charge in [0.05, 0.1) is 0 Å². The molecule has 46 valence electrons. The van der Waals surface area contributed by atoms with Crippen LogP contribution < -0.4 is 0 Å². The van der Waals surface area contributed by atoms with Crippen LogP contribution in [0.15, 0.2) is 0 Å². The summed E-state index contributed by atoms with van der Waals surface area (Å²) < 4.78 is 4.10. The molecule has 4 heteroatoms. The molecule has 0 aromatic carbocycles. The van der Waals surface area contributed by atoms with Gasteiger partial charge in [-0.15, -0.1) is 0 Å². The number of aliphatic hydroxyl groups excluding tert-OH is 2. The molecule has 0 aromatic heterocycles. The third-order valence-corrected chi connectivity index (χ3v) is 0.129. The molecule has 0 spiro atoms. The van der Waals surface area contributed by atoms with Gasteiger partial charge in [-0.05, 0) is 0 Å². The third kappa shape index (κ3) is 122. The van der Waals surface area contributed by atoms with Crippen molar-refractivity contribution in [2.24, 2.45) is 0 Å². The van der Waals surface area contributed by atoms with E-state index in [1.54, 1.807) is 0 Å². The average Bonchev–Trinajstić information content (AvgIpc) is 1.69. The van der Waals surface area contributed by atoms with Gasteiger partial charge >= 0.3 is 0 Å². The van der Waals surface area contributed by atoms with Gasteiger partial charge in [0.15, 0.2) is 0 Å². The fraction of sp³-hybridized carbons (Fsp3) is 1.00. The van der Waals surface area contributed by atoms with Crippen LogP contribution in [0.4, 0.5) is 0 Å². The van der Waals surface area contributed by atoms with Crippen LogP contribution in [0.2, 0.25) is 0 Å². The molecule has 0 radical (unpaired) electrons. The Labute approximate surface area is 42.0 Å². The number of ether oxygens (including phenoxy) is 1. The first kappa shape index (κ1) is 9.96. The van der Waals surface area contributed by atoms with Gasteiger partial charge in [-0.25, -0.2) is 0 Å². The van der Waals surface area contributed by atoms with E-state index in [9.17, 15) is 0 Å². The van der Waals surface area contributed by atoms with Crippen LogP contribution in [0, 0.1) is 0 Å². The van der Waals surface area contributed by atoms with E-state index in [4.69, 9.17) is 15.3 Å². The van der Waals surface area contributed by atoms with Crippen molar-refractivity contribution in [3.8, 4) is 0 Å². The maximum atomic E-state index is 7.65. The van der Waals surface area contributed by atoms with Crippen molar-refractivity contribution >= 4 is 0 Å². The Morgan fingerprint density at radius 1 is 1.29 bits per heavy atom. The van der Waals surface area contributed by atoms with E-state index < -0.39 is 6.79 Å². The van der Waals surface area contributed by atoms with E-state index in [1.165, 1.54) is 7.11 Å². The topological polar surface area (TPSA) is 69.9 Å². The van der Waals surface area contributed by atoms with Gasteiger partial charge in [0.1, 0.15) is 13.6 Å². The van der Waals surface area contributed by atoms with Gasteiger partial charge in [0.25, 0.3) is 0 Å². The average molecular weight is 110 g/mol. The zero-order valence-electron chi connectivity index (χ0n) is 4.16. The summed E-state index contributed by atoms with van der Waals surface area (Å²) in [5.74, 6) is 0. The van der Waals surface area contributed by atoms with Crippen LogP contribution in [-0.4, -0.2) is 36.0 Å². The molecule has 0 saturated carbocycles. The van der Waals surface area contributed by atoms with Crippen molar-refractivity contribution in [2.75, 3.05) is 20.7 Å². The summed E-state index contributed by atoms with van der Waals surface area (Å²) in [6, 6.07) is 0. The van der Waals surface area contributed by atoms with Crippen molar-refractivity contribution in [3.63, 3.8) is 0 Å². The maximum absolute atomic E-state index is 7.65. The van der Waals surface area contributed by atoms with Crippen molar-refractivity contribution < 1.29 is 20.1 Å². The van der Waals surface area contributed by atoms with E-state index in [0.717, 1.165) is 0 Å². The molecule has 0 saturated heterocycles. The van der Waals surface area contributed by atoms with E-state index in [0.29, 0.717) is 0 Å². The van der Waals surface area contributed by atoms with Crippen molar-refractivity contribution in [1.29, 1.82) is 0 Å². The lowest BCUT2D eigenvalue weighted by atomic mass is 11.4. The fourth-order valence-corrected chi connectivity index (χ4v) is 0. The molecule has 0 aliphatic carbocycles. The zero-order valence-corrected chi connectivity index (χ0v) is 4.16. The molecule has 0 fully saturated rings. The molecule has 0 heterocycles. The van der Waals surface area contributed by atoms with Crippen LogP contribution in [0.25, 0.3) is 0 Å². The van der Waals surface area contributed by atoms with E-state index >= 15 is 0 Å². The summed E-state index contributed by atoms with van der Waals surface area (Å²) in [6.07, 6.45) is 0. The van der Waals surface area contributed by atoms with E-state index in [-0.39, 0.29) is 6.79 Å². The first-order chi connectivity index (χ1) is 3.33. The predicted molar refractivity (Wildman–Crippen MR) is 23.4 cm³/mol. The first-order valence-corrected chi connectivity index (χ1v) is 1.65. The minimum absolute atomic E-state index is 0.181. The molecule has 4 nitrogen and oxygen atoms in total. The lowest BCUT2D eigenvalue weighted by Crippen LogP contribution is -1.79.